The predicted molar refractivity (Wildman–Crippen MR) is 104 cm³/mol. The van der Waals surface area contributed by atoms with E-state index in [4.69, 9.17) is 9.47 Å². The first kappa shape index (κ1) is 21.5. The normalized spacial score (nSPS) is 14.2. The Labute approximate surface area is 165 Å². The molecule has 1 aliphatic rings. The number of hydrogen-bond acceptors (Lipinski definition) is 5. The number of nitrogens with one attached hydrogen (secondary N) is 2. The van der Waals surface area contributed by atoms with E-state index in [1.807, 2.05) is 0 Å². The average molecular weight is 391 g/mol. The quantitative estimate of drug-likeness (QED) is 0.522. The summed E-state index contributed by atoms with van der Waals surface area (Å²) in [5, 5.41) is 0. The van der Waals surface area contributed by atoms with Crippen molar-refractivity contribution in [3.63, 3.8) is 0 Å². The molecule has 3 amide bonds. The van der Waals surface area contributed by atoms with E-state index in [0.717, 1.165) is 32.1 Å². The summed E-state index contributed by atoms with van der Waals surface area (Å²) in [5.41, 5.74) is 5.05. The van der Waals surface area contributed by atoms with Crippen LogP contribution in [0.4, 0.5) is 0 Å². The molecule has 0 radical (unpaired) electrons. The molecule has 0 saturated carbocycles. The number of carbonyl (C=O) groups excluding carboxylic acids is 3. The van der Waals surface area contributed by atoms with Crippen LogP contribution in [0, 0.1) is 0 Å². The van der Waals surface area contributed by atoms with Gasteiger partial charge >= 0.3 is 0 Å². The van der Waals surface area contributed by atoms with Gasteiger partial charge in [0.25, 0.3) is 11.8 Å². The highest BCUT2D eigenvalue weighted by Crippen LogP contribution is 2.28. The van der Waals surface area contributed by atoms with Crippen molar-refractivity contribution in [1.29, 1.82) is 0 Å². The Hall–Kier alpha value is -2.77. The highest BCUT2D eigenvalue weighted by Gasteiger charge is 2.19. The van der Waals surface area contributed by atoms with Crippen molar-refractivity contribution in [2.75, 3.05) is 26.8 Å². The Kier molecular flexibility index (Phi) is 8.58. The maximum atomic E-state index is 12.3. The molecule has 8 heteroatoms. The number of benzene rings is 1. The van der Waals surface area contributed by atoms with Crippen LogP contribution in [-0.2, 0) is 9.59 Å². The van der Waals surface area contributed by atoms with Crippen LogP contribution in [0.25, 0.3) is 0 Å². The first-order valence-electron chi connectivity index (χ1n) is 9.73. The summed E-state index contributed by atoms with van der Waals surface area (Å²) >= 11 is 0. The maximum Gasteiger partial charge on any atom is 0.269 e. The summed E-state index contributed by atoms with van der Waals surface area (Å²) in [5.74, 6) is 0.0767. The number of ether oxygens (including phenoxy) is 2. The van der Waals surface area contributed by atoms with Crippen molar-refractivity contribution in [3.05, 3.63) is 23.8 Å². The number of nitrogens with zero attached hydrogens (tertiary/aromatic N) is 1. The molecule has 0 unspecified atom stereocenters. The lowest BCUT2D eigenvalue weighted by atomic mass is 10.2. The Morgan fingerprint density at radius 2 is 1.96 bits per heavy atom. The van der Waals surface area contributed by atoms with Crippen LogP contribution in [0.5, 0.6) is 11.5 Å². The Morgan fingerprint density at radius 1 is 1.14 bits per heavy atom. The first-order valence-corrected chi connectivity index (χ1v) is 9.73. The van der Waals surface area contributed by atoms with Gasteiger partial charge in [-0.15, -0.1) is 0 Å². The van der Waals surface area contributed by atoms with E-state index < -0.39 is 11.8 Å². The SMILES string of the molecule is CCCCOc1ccc(C(=O)NNC(=O)CN2CCCCCC2=O)cc1OC. The second-order valence-electron chi connectivity index (χ2n) is 6.70. The molecule has 0 aromatic heterocycles. The summed E-state index contributed by atoms with van der Waals surface area (Å²) in [6.07, 6.45) is 5.14. The Bertz CT molecular complexity index is 692. The zero-order chi connectivity index (χ0) is 20.4. The van der Waals surface area contributed by atoms with Gasteiger partial charge in [-0.05, 0) is 37.5 Å². The number of rotatable bonds is 8. The van der Waals surface area contributed by atoms with Crippen molar-refractivity contribution >= 4 is 17.7 Å². The maximum absolute atomic E-state index is 12.3. The van der Waals surface area contributed by atoms with E-state index in [0.29, 0.717) is 36.6 Å². The minimum Gasteiger partial charge on any atom is -0.493 e. The zero-order valence-electron chi connectivity index (χ0n) is 16.6. The number of amides is 3. The average Bonchev–Trinajstić information content (AvgIpc) is 2.90. The second kappa shape index (κ2) is 11.2. The molecule has 28 heavy (non-hydrogen) atoms. The molecule has 8 nitrogen and oxygen atoms in total. The molecule has 0 bridgehead atoms. The van der Waals surface area contributed by atoms with E-state index in [1.54, 1.807) is 18.2 Å². The van der Waals surface area contributed by atoms with E-state index in [-0.39, 0.29) is 12.5 Å². The third kappa shape index (κ3) is 6.44. The van der Waals surface area contributed by atoms with E-state index in [2.05, 4.69) is 17.8 Å². The van der Waals surface area contributed by atoms with Crippen molar-refractivity contribution in [2.24, 2.45) is 0 Å². The van der Waals surface area contributed by atoms with Gasteiger partial charge in [0.2, 0.25) is 5.91 Å². The number of hydrogen-bond donors (Lipinski definition) is 2. The lowest BCUT2D eigenvalue weighted by Crippen LogP contribution is -2.47. The predicted octanol–water partition coefficient (Wildman–Crippen LogP) is 2.04. The molecule has 1 aromatic carbocycles. The van der Waals surface area contributed by atoms with Crippen molar-refractivity contribution in [2.45, 2.75) is 45.4 Å². The summed E-state index contributed by atoms with van der Waals surface area (Å²) in [6, 6.07) is 4.83. The van der Waals surface area contributed by atoms with Crippen LogP contribution in [0.2, 0.25) is 0 Å². The lowest BCUT2D eigenvalue weighted by Gasteiger charge is -2.19. The van der Waals surface area contributed by atoms with E-state index in [1.165, 1.54) is 12.0 Å². The van der Waals surface area contributed by atoms with Crippen molar-refractivity contribution in [1.82, 2.24) is 15.8 Å². The number of methoxy groups -OCH3 is 1. The smallest absolute Gasteiger partial charge is 0.269 e. The van der Waals surface area contributed by atoms with Crippen molar-refractivity contribution < 1.29 is 23.9 Å². The molecule has 2 N–H and O–H groups in total. The fourth-order valence-electron chi connectivity index (χ4n) is 2.87. The fraction of sp³-hybridized carbons (Fsp3) is 0.550. The molecule has 0 spiro atoms. The van der Waals surface area contributed by atoms with Gasteiger partial charge in [0, 0.05) is 18.5 Å². The molecular weight excluding hydrogens is 362 g/mol. The highest BCUT2D eigenvalue weighted by molar-refractivity contribution is 5.96. The second-order valence-corrected chi connectivity index (χ2v) is 6.70. The van der Waals surface area contributed by atoms with Crippen LogP contribution >= 0.6 is 0 Å². The van der Waals surface area contributed by atoms with Crippen LogP contribution < -0.4 is 20.3 Å². The number of carbonyl (C=O) groups is 3. The van der Waals surface area contributed by atoms with Gasteiger partial charge in [0.15, 0.2) is 11.5 Å². The van der Waals surface area contributed by atoms with Gasteiger partial charge in [-0.2, -0.15) is 0 Å². The summed E-state index contributed by atoms with van der Waals surface area (Å²) in [7, 11) is 1.50. The highest BCUT2D eigenvalue weighted by atomic mass is 16.5. The molecule has 2 rings (SSSR count). The van der Waals surface area contributed by atoms with E-state index in [9.17, 15) is 14.4 Å². The van der Waals surface area contributed by atoms with Gasteiger partial charge in [0.05, 0.1) is 13.7 Å². The lowest BCUT2D eigenvalue weighted by molar-refractivity contribution is -0.135. The topological polar surface area (TPSA) is 97.0 Å². The molecular formula is C20H29N3O5. The molecule has 1 heterocycles. The molecule has 1 saturated heterocycles. The van der Waals surface area contributed by atoms with Gasteiger partial charge in [0.1, 0.15) is 6.54 Å². The van der Waals surface area contributed by atoms with Gasteiger partial charge < -0.3 is 14.4 Å². The third-order valence-corrected chi connectivity index (χ3v) is 4.50. The fourth-order valence-corrected chi connectivity index (χ4v) is 2.87. The molecule has 1 aliphatic heterocycles. The third-order valence-electron chi connectivity index (χ3n) is 4.50. The monoisotopic (exact) mass is 391 g/mol. The van der Waals surface area contributed by atoms with Crippen LogP contribution in [0.1, 0.15) is 55.8 Å². The Balaban J connectivity index is 1.87. The van der Waals surface area contributed by atoms with Crippen LogP contribution in [0.3, 0.4) is 0 Å². The number of hydrazine groups is 1. The molecule has 0 aliphatic carbocycles. The number of likely N-dealkylation sites (tertiary alicyclic amines) is 1. The van der Waals surface area contributed by atoms with E-state index >= 15 is 0 Å². The van der Waals surface area contributed by atoms with Crippen LogP contribution in [-0.4, -0.2) is 49.4 Å². The Morgan fingerprint density at radius 3 is 2.71 bits per heavy atom. The molecule has 1 fully saturated rings. The summed E-state index contributed by atoms with van der Waals surface area (Å²) in [4.78, 5) is 37.8. The zero-order valence-corrected chi connectivity index (χ0v) is 16.6. The summed E-state index contributed by atoms with van der Waals surface area (Å²) < 4.78 is 10.9. The van der Waals surface area contributed by atoms with Gasteiger partial charge in [-0.3, -0.25) is 25.2 Å². The molecule has 154 valence electrons. The summed E-state index contributed by atoms with van der Waals surface area (Å²) in [6.45, 7) is 3.15. The van der Waals surface area contributed by atoms with Gasteiger partial charge in [-0.1, -0.05) is 19.8 Å². The van der Waals surface area contributed by atoms with Crippen molar-refractivity contribution in [3.8, 4) is 11.5 Å². The molecule has 1 aromatic rings. The standard InChI is InChI=1S/C20H29N3O5/c1-3-4-12-28-16-10-9-15(13-17(16)27-2)20(26)22-21-18(24)14-23-11-7-5-6-8-19(23)25/h9-10,13H,3-8,11-12,14H2,1-2H3,(H,21,24)(H,22,26). The number of unbranched alkanes of at least 4 members (excludes halogenated alkanes) is 1. The van der Waals surface area contributed by atoms with Gasteiger partial charge in [-0.25, -0.2) is 0 Å². The largest absolute Gasteiger partial charge is 0.493 e. The first-order chi connectivity index (χ1) is 13.5. The minimum absolute atomic E-state index is 0.0256. The molecule has 0 atom stereocenters. The minimum atomic E-state index is -0.478. The van der Waals surface area contributed by atoms with Crippen LogP contribution in [0.15, 0.2) is 18.2 Å².